The molecular weight excluding hydrogens is 253 g/mol. The fraction of sp³-hybridized carbons (Fsp3) is 0.0769. The van der Waals surface area contributed by atoms with Gasteiger partial charge in [0.15, 0.2) is 11.6 Å². The molecule has 0 unspecified atom stereocenters. The van der Waals surface area contributed by atoms with Crippen molar-refractivity contribution in [2.75, 3.05) is 7.11 Å². The van der Waals surface area contributed by atoms with E-state index in [-0.39, 0.29) is 17.3 Å². The molecule has 6 heteroatoms. The Kier molecular flexibility index (Phi) is 4.82. The van der Waals surface area contributed by atoms with Crippen molar-refractivity contribution >= 4 is 0 Å². The molecule has 19 heavy (non-hydrogen) atoms. The van der Waals surface area contributed by atoms with E-state index < -0.39 is 16.4 Å². The van der Waals surface area contributed by atoms with Crippen molar-refractivity contribution in [2.24, 2.45) is 0 Å². The van der Waals surface area contributed by atoms with Crippen LogP contribution in [0.5, 0.6) is 11.5 Å². The van der Waals surface area contributed by atoms with Gasteiger partial charge in [-0.25, -0.2) is 4.39 Å². The van der Waals surface area contributed by atoms with Crippen molar-refractivity contribution < 1.29 is 18.8 Å². The molecule has 100 valence electrons. The smallest absolute Gasteiger partial charge is 0.266 e. The zero-order valence-electron chi connectivity index (χ0n) is 10.3. The van der Waals surface area contributed by atoms with E-state index in [0.29, 0.717) is 0 Å². The number of nitrogens with zero attached hydrogens (tertiary/aromatic N) is 1. The Hall–Kier alpha value is -2.63. The largest absolute Gasteiger partial charge is 0.493 e. The highest BCUT2D eigenvalue weighted by atomic mass is 19.1. The maximum Gasteiger partial charge on any atom is 0.266 e. The minimum absolute atomic E-state index is 0.00917. The fourth-order valence-corrected chi connectivity index (χ4v) is 1.21. The number of allylic oxidation sites excluding steroid dienone is 2. The van der Waals surface area contributed by atoms with Gasteiger partial charge in [-0.1, -0.05) is 12.6 Å². The van der Waals surface area contributed by atoms with E-state index in [2.05, 4.69) is 13.2 Å². The van der Waals surface area contributed by atoms with E-state index >= 15 is 0 Å². The summed E-state index contributed by atoms with van der Waals surface area (Å²) in [6.07, 6.45) is 2.25. The van der Waals surface area contributed by atoms with Crippen LogP contribution in [0.2, 0.25) is 0 Å². The molecule has 0 aliphatic carbocycles. The molecule has 0 aliphatic rings. The fourth-order valence-electron chi connectivity index (χ4n) is 1.21. The molecule has 0 atom stereocenters. The summed E-state index contributed by atoms with van der Waals surface area (Å²) in [6.45, 7) is 6.65. The number of ether oxygens (including phenoxy) is 2. The summed E-state index contributed by atoms with van der Waals surface area (Å²) in [6, 6.07) is 4.14. The molecule has 0 saturated carbocycles. The number of nitro groups is 1. The van der Waals surface area contributed by atoms with E-state index in [1.54, 1.807) is 0 Å². The quantitative estimate of drug-likeness (QED) is 0.343. The molecule has 0 fully saturated rings. The van der Waals surface area contributed by atoms with Crippen molar-refractivity contribution in [2.45, 2.75) is 0 Å². The molecule has 0 amide bonds. The maximum atomic E-state index is 13.6. The van der Waals surface area contributed by atoms with Gasteiger partial charge in [0.1, 0.15) is 5.76 Å². The van der Waals surface area contributed by atoms with E-state index in [4.69, 9.17) is 9.47 Å². The number of para-hydroxylation sites is 1. The van der Waals surface area contributed by atoms with Crippen LogP contribution in [-0.4, -0.2) is 12.0 Å². The Morgan fingerprint density at radius 3 is 2.74 bits per heavy atom. The van der Waals surface area contributed by atoms with Gasteiger partial charge in [-0.3, -0.25) is 10.1 Å². The third-order valence-electron chi connectivity index (χ3n) is 2.12. The molecule has 0 bridgehead atoms. The van der Waals surface area contributed by atoms with Gasteiger partial charge in [-0.15, -0.1) is 0 Å². The highest BCUT2D eigenvalue weighted by Gasteiger charge is 2.13. The molecule has 1 aromatic carbocycles. The molecule has 0 aliphatic heterocycles. The van der Waals surface area contributed by atoms with Crippen molar-refractivity contribution in [1.82, 2.24) is 0 Å². The zero-order chi connectivity index (χ0) is 14.4. The first-order valence-electron chi connectivity index (χ1n) is 5.17. The van der Waals surface area contributed by atoms with Crippen LogP contribution >= 0.6 is 0 Å². The summed E-state index contributed by atoms with van der Waals surface area (Å²) in [5.74, 6) is -0.671. The van der Waals surface area contributed by atoms with E-state index in [1.807, 2.05) is 0 Å². The number of benzene rings is 1. The van der Waals surface area contributed by atoms with Crippen LogP contribution in [0.15, 0.2) is 55.0 Å². The first-order valence-corrected chi connectivity index (χ1v) is 5.17. The summed E-state index contributed by atoms with van der Waals surface area (Å²) >= 11 is 0. The SMILES string of the molecule is C=C/C(=C\C(=C)[N+](=O)[O-])Oc1c(F)cccc1OC. The topological polar surface area (TPSA) is 61.6 Å². The second kappa shape index (κ2) is 6.34. The second-order valence-corrected chi connectivity index (χ2v) is 3.37. The van der Waals surface area contributed by atoms with Crippen LogP contribution in [-0.2, 0) is 0 Å². The van der Waals surface area contributed by atoms with E-state index in [0.717, 1.165) is 6.08 Å². The Balaban J connectivity index is 3.09. The molecule has 0 heterocycles. The van der Waals surface area contributed by atoms with Gasteiger partial charge >= 0.3 is 0 Å². The Labute approximate surface area is 109 Å². The summed E-state index contributed by atoms with van der Waals surface area (Å²) < 4.78 is 23.8. The average molecular weight is 265 g/mol. The highest BCUT2D eigenvalue weighted by Crippen LogP contribution is 2.31. The van der Waals surface area contributed by atoms with Crippen molar-refractivity contribution in [3.05, 3.63) is 70.9 Å². The minimum atomic E-state index is -0.689. The van der Waals surface area contributed by atoms with E-state index in [1.165, 1.54) is 31.4 Å². The van der Waals surface area contributed by atoms with Crippen LogP contribution in [0.4, 0.5) is 4.39 Å². The molecule has 0 spiro atoms. The lowest BCUT2D eigenvalue weighted by molar-refractivity contribution is -0.418. The standard InChI is InChI=1S/C13H12FNO4/c1-4-10(8-9(2)15(16)17)19-13-11(14)6-5-7-12(13)18-3/h4-8H,1-2H2,3H3/b10-8+. The van der Waals surface area contributed by atoms with Gasteiger partial charge in [0, 0.05) is 0 Å². The predicted octanol–water partition coefficient (Wildman–Crippen LogP) is 3.07. The monoisotopic (exact) mass is 265 g/mol. The average Bonchev–Trinajstić information content (AvgIpc) is 2.39. The molecular formula is C13H12FNO4. The van der Waals surface area contributed by atoms with Gasteiger partial charge in [0.05, 0.1) is 18.1 Å². The van der Waals surface area contributed by atoms with Gasteiger partial charge in [0.2, 0.25) is 5.75 Å². The Bertz CT molecular complexity index is 552. The summed E-state index contributed by atoms with van der Waals surface area (Å²) in [7, 11) is 1.36. The van der Waals surface area contributed by atoms with Crippen LogP contribution in [0.25, 0.3) is 0 Å². The normalized spacial score (nSPS) is 10.7. The first kappa shape index (κ1) is 14.4. The Morgan fingerprint density at radius 1 is 1.53 bits per heavy atom. The van der Waals surface area contributed by atoms with Gasteiger partial charge in [0.25, 0.3) is 5.70 Å². The van der Waals surface area contributed by atoms with Gasteiger partial charge in [-0.05, 0) is 24.8 Å². The Morgan fingerprint density at radius 2 is 2.21 bits per heavy atom. The highest BCUT2D eigenvalue weighted by molar-refractivity contribution is 5.42. The van der Waals surface area contributed by atoms with Gasteiger partial charge in [-0.2, -0.15) is 0 Å². The van der Waals surface area contributed by atoms with Crippen molar-refractivity contribution in [1.29, 1.82) is 0 Å². The molecule has 0 N–H and O–H groups in total. The van der Waals surface area contributed by atoms with E-state index in [9.17, 15) is 14.5 Å². The number of halogens is 1. The minimum Gasteiger partial charge on any atom is -0.493 e. The molecule has 5 nitrogen and oxygen atoms in total. The van der Waals surface area contributed by atoms with Crippen molar-refractivity contribution in [3.63, 3.8) is 0 Å². The van der Waals surface area contributed by atoms with Crippen LogP contribution in [0.3, 0.4) is 0 Å². The predicted molar refractivity (Wildman–Crippen MR) is 68.0 cm³/mol. The summed E-state index contributed by atoms with van der Waals surface area (Å²) in [5.41, 5.74) is -0.398. The lowest BCUT2D eigenvalue weighted by atomic mass is 10.3. The maximum absolute atomic E-state index is 13.6. The number of rotatable bonds is 6. The lowest BCUT2D eigenvalue weighted by Crippen LogP contribution is -2.01. The number of hydrogen-bond donors (Lipinski definition) is 0. The second-order valence-electron chi connectivity index (χ2n) is 3.37. The molecule has 1 rings (SSSR count). The lowest BCUT2D eigenvalue weighted by Gasteiger charge is -2.11. The van der Waals surface area contributed by atoms with Crippen LogP contribution < -0.4 is 9.47 Å². The van der Waals surface area contributed by atoms with Crippen LogP contribution in [0.1, 0.15) is 0 Å². The molecule has 0 radical (unpaired) electrons. The summed E-state index contributed by atoms with van der Waals surface area (Å²) in [5, 5.41) is 10.5. The summed E-state index contributed by atoms with van der Waals surface area (Å²) in [4.78, 5) is 9.78. The van der Waals surface area contributed by atoms with Crippen molar-refractivity contribution in [3.8, 4) is 11.5 Å². The number of hydrogen-bond acceptors (Lipinski definition) is 4. The van der Waals surface area contributed by atoms with Gasteiger partial charge < -0.3 is 9.47 Å². The zero-order valence-corrected chi connectivity index (χ0v) is 10.3. The molecule has 0 aromatic heterocycles. The third kappa shape index (κ3) is 3.67. The third-order valence-corrected chi connectivity index (χ3v) is 2.12. The molecule has 0 saturated heterocycles. The van der Waals surface area contributed by atoms with Crippen LogP contribution in [0, 0.1) is 15.9 Å². The number of methoxy groups -OCH3 is 1. The first-order chi connectivity index (χ1) is 8.99. The molecule has 1 aromatic rings.